The minimum atomic E-state index is 0.632. The Morgan fingerprint density at radius 3 is 1.51 bits per heavy atom. The zero-order valence-corrected chi connectivity index (χ0v) is 30.8. The highest BCUT2D eigenvalue weighted by Gasteiger charge is 2.17. The Morgan fingerprint density at radius 1 is 0.281 bits per heavy atom. The number of rotatable bonds is 6. The number of hydrogen-bond donors (Lipinski definition) is 0. The van der Waals surface area contributed by atoms with E-state index < -0.39 is 0 Å². The highest BCUT2D eigenvalue weighted by Crippen LogP contribution is 2.42. The lowest BCUT2D eigenvalue weighted by molar-refractivity contribution is 0.673. The summed E-state index contributed by atoms with van der Waals surface area (Å²) >= 11 is 0. The van der Waals surface area contributed by atoms with Gasteiger partial charge in [0.15, 0.2) is 17.5 Å². The van der Waals surface area contributed by atoms with E-state index in [0.717, 1.165) is 77.2 Å². The predicted octanol–water partition coefficient (Wildman–Crippen LogP) is 14.1. The van der Waals surface area contributed by atoms with Crippen LogP contribution in [0.3, 0.4) is 0 Å². The molecular weight excluding hydrogens is 695 g/mol. The van der Waals surface area contributed by atoms with Gasteiger partial charge in [0.1, 0.15) is 11.2 Å². The third kappa shape index (κ3) is 5.92. The molecule has 2 aromatic heterocycles. The second-order valence-electron chi connectivity index (χ2n) is 14.4. The van der Waals surface area contributed by atoms with Gasteiger partial charge in [-0.1, -0.05) is 164 Å². The molecule has 0 unspecified atom stereocenters. The van der Waals surface area contributed by atoms with Gasteiger partial charge in [0, 0.05) is 32.8 Å². The molecule has 0 bridgehead atoms. The van der Waals surface area contributed by atoms with Crippen molar-refractivity contribution in [3.05, 3.63) is 200 Å². The van der Waals surface area contributed by atoms with E-state index in [2.05, 4.69) is 140 Å². The van der Waals surface area contributed by atoms with E-state index >= 15 is 0 Å². The lowest BCUT2D eigenvalue weighted by atomic mass is 9.93. The summed E-state index contributed by atoms with van der Waals surface area (Å²) < 4.78 is 6.71. The summed E-state index contributed by atoms with van der Waals surface area (Å²) in [5, 5.41) is 6.92. The molecule has 4 heteroatoms. The van der Waals surface area contributed by atoms with Gasteiger partial charge in [0.25, 0.3) is 0 Å². The van der Waals surface area contributed by atoms with Crippen molar-refractivity contribution in [1.82, 2.24) is 15.0 Å². The fourth-order valence-corrected chi connectivity index (χ4v) is 8.03. The molecule has 0 atom stereocenters. The standard InChI is InChI=1S/C53H33N3O/c1-3-14-35(15-4-1)51-54-52(36-16-5-2-6-17-36)56-53(55-51)43-22-12-20-39(31-43)38-19-11-21-42(30-38)47-33-48-45-28-27-41(40-26-25-34-13-7-8-18-37(34)29-40)32-49(45)57-50(48)46-24-10-9-23-44(46)47/h1-33H. The van der Waals surface area contributed by atoms with E-state index in [4.69, 9.17) is 19.4 Å². The van der Waals surface area contributed by atoms with Crippen LogP contribution in [0.4, 0.5) is 0 Å². The quantitative estimate of drug-likeness (QED) is 0.171. The molecule has 0 fully saturated rings. The first-order valence-electron chi connectivity index (χ1n) is 19.2. The number of furan rings is 1. The Balaban J connectivity index is 1.00. The molecule has 57 heavy (non-hydrogen) atoms. The molecule has 0 amide bonds. The molecule has 0 aliphatic rings. The molecule has 4 nitrogen and oxygen atoms in total. The number of nitrogens with zero attached hydrogens (tertiary/aromatic N) is 3. The van der Waals surface area contributed by atoms with Crippen LogP contribution in [0.2, 0.25) is 0 Å². The Labute approximate surface area is 329 Å². The molecule has 0 aliphatic heterocycles. The molecule has 0 aliphatic carbocycles. The van der Waals surface area contributed by atoms with Crippen LogP contribution in [0.25, 0.3) is 111 Å². The zero-order chi connectivity index (χ0) is 37.7. The summed E-state index contributed by atoms with van der Waals surface area (Å²) in [6, 6.07) is 70.0. The molecule has 11 rings (SSSR count). The fraction of sp³-hybridized carbons (Fsp3) is 0. The number of hydrogen-bond acceptors (Lipinski definition) is 4. The van der Waals surface area contributed by atoms with Gasteiger partial charge in [0.2, 0.25) is 0 Å². The van der Waals surface area contributed by atoms with Gasteiger partial charge in [-0.2, -0.15) is 0 Å². The minimum absolute atomic E-state index is 0.632. The summed E-state index contributed by atoms with van der Waals surface area (Å²) in [5.74, 6) is 1.92. The van der Waals surface area contributed by atoms with Crippen molar-refractivity contribution < 1.29 is 4.42 Å². The Morgan fingerprint density at radius 2 is 0.789 bits per heavy atom. The SMILES string of the molecule is c1ccc(-c2nc(-c3ccccc3)nc(-c3cccc(-c4cccc(-c5cc6c7ccc(-c8ccc9ccccc9c8)cc7oc6c6ccccc56)c4)c3)n2)cc1. The molecule has 2 heterocycles. The van der Waals surface area contributed by atoms with E-state index in [1.54, 1.807) is 0 Å². The van der Waals surface area contributed by atoms with E-state index in [-0.39, 0.29) is 0 Å². The maximum Gasteiger partial charge on any atom is 0.164 e. The maximum absolute atomic E-state index is 6.71. The van der Waals surface area contributed by atoms with Gasteiger partial charge in [0.05, 0.1) is 0 Å². The maximum atomic E-state index is 6.71. The smallest absolute Gasteiger partial charge is 0.164 e. The van der Waals surface area contributed by atoms with Crippen LogP contribution in [0, 0.1) is 0 Å². The van der Waals surface area contributed by atoms with E-state index in [0.29, 0.717) is 17.5 Å². The third-order valence-corrected chi connectivity index (χ3v) is 10.9. The summed E-state index contributed by atoms with van der Waals surface area (Å²) in [5.41, 5.74) is 11.4. The largest absolute Gasteiger partial charge is 0.455 e. The normalized spacial score (nSPS) is 11.5. The van der Waals surface area contributed by atoms with Gasteiger partial charge in [-0.05, 0) is 85.9 Å². The average molecular weight is 728 g/mol. The molecule has 266 valence electrons. The Bertz CT molecular complexity index is 3240. The number of fused-ring (bicyclic) bond motifs is 6. The van der Waals surface area contributed by atoms with Crippen LogP contribution in [0.15, 0.2) is 205 Å². The van der Waals surface area contributed by atoms with E-state index in [9.17, 15) is 0 Å². The summed E-state index contributed by atoms with van der Waals surface area (Å²) in [6.07, 6.45) is 0. The number of aromatic nitrogens is 3. The molecule has 0 radical (unpaired) electrons. The zero-order valence-electron chi connectivity index (χ0n) is 30.8. The lowest BCUT2D eigenvalue weighted by Crippen LogP contribution is -2.00. The van der Waals surface area contributed by atoms with Crippen LogP contribution in [0.5, 0.6) is 0 Å². The monoisotopic (exact) mass is 727 g/mol. The first-order chi connectivity index (χ1) is 28.2. The first kappa shape index (κ1) is 32.7. The first-order valence-corrected chi connectivity index (χ1v) is 19.2. The van der Waals surface area contributed by atoms with Gasteiger partial charge < -0.3 is 4.42 Å². The van der Waals surface area contributed by atoms with E-state index in [1.807, 2.05) is 60.7 Å². The second kappa shape index (κ2) is 13.6. The van der Waals surface area contributed by atoms with Crippen molar-refractivity contribution in [1.29, 1.82) is 0 Å². The van der Waals surface area contributed by atoms with Crippen LogP contribution < -0.4 is 0 Å². The average Bonchev–Trinajstić information content (AvgIpc) is 3.67. The predicted molar refractivity (Wildman–Crippen MR) is 235 cm³/mol. The third-order valence-electron chi connectivity index (χ3n) is 10.9. The van der Waals surface area contributed by atoms with Gasteiger partial charge in [-0.15, -0.1) is 0 Å². The van der Waals surface area contributed by atoms with Gasteiger partial charge in [-0.3, -0.25) is 0 Å². The van der Waals surface area contributed by atoms with Crippen molar-refractivity contribution in [2.45, 2.75) is 0 Å². The highest BCUT2D eigenvalue weighted by atomic mass is 16.3. The molecule has 0 saturated heterocycles. The molecule has 0 N–H and O–H groups in total. The van der Waals surface area contributed by atoms with Crippen LogP contribution >= 0.6 is 0 Å². The lowest BCUT2D eigenvalue weighted by Gasteiger charge is -2.12. The Hall–Kier alpha value is -7.69. The Kier molecular flexibility index (Phi) is 7.78. The molecule has 9 aromatic carbocycles. The second-order valence-corrected chi connectivity index (χ2v) is 14.4. The van der Waals surface area contributed by atoms with Crippen LogP contribution in [0.1, 0.15) is 0 Å². The summed E-state index contributed by atoms with van der Waals surface area (Å²) in [6.45, 7) is 0. The van der Waals surface area contributed by atoms with Gasteiger partial charge >= 0.3 is 0 Å². The van der Waals surface area contributed by atoms with Crippen molar-refractivity contribution >= 4 is 43.5 Å². The molecular formula is C53H33N3O. The molecule has 0 saturated carbocycles. The van der Waals surface area contributed by atoms with Crippen LogP contribution in [-0.4, -0.2) is 15.0 Å². The topological polar surface area (TPSA) is 51.8 Å². The fourth-order valence-electron chi connectivity index (χ4n) is 8.03. The van der Waals surface area contributed by atoms with E-state index in [1.165, 1.54) is 16.3 Å². The van der Waals surface area contributed by atoms with Crippen molar-refractivity contribution in [2.75, 3.05) is 0 Å². The van der Waals surface area contributed by atoms with Crippen molar-refractivity contribution in [3.8, 4) is 67.5 Å². The summed E-state index contributed by atoms with van der Waals surface area (Å²) in [7, 11) is 0. The van der Waals surface area contributed by atoms with Crippen LogP contribution in [-0.2, 0) is 0 Å². The number of benzene rings is 9. The van der Waals surface area contributed by atoms with Gasteiger partial charge in [-0.25, -0.2) is 15.0 Å². The minimum Gasteiger partial charge on any atom is -0.455 e. The van der Waals surface area contributed by atoms with Crippen molar-refractivity contribution in [2.24, 2.45) is 0 Å². The molecule has 0 spiro atoms. The summed E-state index contributed by atoms with van der Waals surface area (Å²) in [4.78, 5) is 14.9. The highest BCUT2D eigenvalue weighted by molar-refractivity contribution is 6.19. The van der Waals surface area contributed by atoms with Crippen molar-refractivity contribution in [3.63, 3.8) is 0 Å². The molecule has 11 aromatic rings.